The molecule has 1 atom stereocenters. The molecule has 0 spiro atoms. The number of hydrogen-bond acceptors (Lipinski definition) is 2. The lowest BCUT2D eigenvalue weighted by Gasteiger charge is -2.16. The number of aryl methyl sites for hydroxylation is 2. The molecular formula is C17H30N2. The first-order valence-corrected chi connectivity index (χ1v) is 7.69. The fourth-order valence-electron chi connectivity index (χ4n) is 2.45. The summed E-state index contributed by atoms with van der Waals surface area (Å²) in [5, 5.41) is 0. The summed E-state index contributed by atoms with van der Waals surface area (Å²) in [5.41, 5.74) is 7.10. The minimum absolute atomic E-state index is 0.406. The molecule has 0 aliphatic rings. The Kier molecular flexibility index (Phi) is 7.76. The Labute approximate surface area is 118 Å². The van der Waals surface area contributed by atoms with Crippen LogP contribution in [0.4, 0.5) is 0 Å². The van der Waals surface area contributed by atoms with E-state index in [0.717, 1.165) is 6.42 Å². The molecular weight excluding hydrogens is 232 g/mol. The molecule has 2 nitrogen and oxygen atoms in total. The van der Waals surface area contributed by atoms with E-state index in [1.54, 1.807) is 0 Å². The van der Waals surface area contributed by atoms with Crippen LogP contribution in [-0.2, 0) is 6.42 Å². The van der Waals surface area contributed by atoms with Gasteiger partial charge in [0.25, 0.3) is 0 Å². The molecule has 108 valence electrons. The monoisotopic (exact) mass is 262 g/mol. The molecule has 0 saturated carbocycles. The van der Waals surface area contributed by atoms with Crippen LogP contribution in [0.1, 0.15) is 62.1 Å². The molecule has 0 saturated heterocycles. The molecule has 2 heteroatoms. The molecule has 0 aromatic heterocycles. The first-order chi connectivity index (χ1) is 9.17. The molecule has 1 aromatic rings. The normalized spacial score (nSPS) is 12.6. The molecule has 0 radical (unpaired) electrons. The summed E-state index contributed by atoms with van der Waals surface area (Å²) in [6.45, 7) is 6.59. The zero-order chi connectivity index (χ0) is 14.1. The van der Waals surface area contributed by atoms with Crippen LogP contribution in [0.15, 0.2) is 18.2 Å². The van der Waals surface area contributed by atoms with Crippen LogP contribution in [0.25, 0.3) is 0 Å². The fraction of sp³-hybridized carbons (Fsp3) is 0.647. The number of benzene rings is 1. The molecule has 0 fully saturated rings. The third kappa shape index (κ3) is 6.22. The van der Waals surface area contributed by atoms with E-state index < -0.39 is 0 Å². The second-order valence-electron chi connectivity index (χ2n) is 5.69. The van der Waals surface area contributed by atoms with Crippen molar-refractivity contribution in [1.29, 1.82) is 0 Å². The van der Waals surface area contributed by atoms with Gasteiger partial charge in [0.2, 0.25) is 0 Å². The van der Waals surface area contributed by atoms with Gasteiger partial charge >= 0.3 is 0 Å². The second kappa shape index (κ2) is 9.11. The van der Waals surface area contributed by atoms with Crippen LogP contribution in [0.2, 0.25) is 0 Å². The Morgan fingerprint density at radius 1 is 1.05 bits per heavy atom. The van der Waals surface area contributed by atoms with E-state index in [4.69, 9.17) is 5.84 Å². The van der Waals surface area contributed by atoms with Gasteiger partial charge in [0.05, 0.1) is 0 Å². The van der Waals surface area contributed by atoms with Gasteiger partial charge in [-0.3, -0.25) is 11.3 Å². The van der Waals surface area contributed by atoms with E-state index in [9.17, 15) is 0 Å². The quantitative estimate of drug-likeness (QED) is 0.400. The van der Waals surface area contributed by atoms with E-state index in [0.29, 0.717) is 6.04 Å². The largest absolute Gasteiger partial charge is 0.271 e. The van der Waals surface area contributed by atoms with Gasteiger partial charge < -0.3 is 0 Å². The summed E-state index contributed by atoms with van der Waals surface area (Å²) in [4.78, 5) is 0. The third-order valence-electron chi connectivity index (χ3n) is 3.95. The molecule has 3 N–H and O–H groups in total. The van der Waals surface area contributed by atoms with E-state index in [2.05, 4.69) is 44.4 Å². The molecule has 19 heavy (non-hydrogen) atoms. The summed E-state index contributed by atoms with van der Waals surface area (Å²) in [6.07, 6.45) is 8.84. The van der Waals surface area contributed by atoms with Crippen molar-refractivity contribution in [1.82, 2.24) is 5.43 Å². The number of unbranched alkanes of at least 4 members (excludes halogenated alkanes) is 4. The highest BCUT2D eigenvalue weighted by atomic mass is 15.2. The van der Waals surface area contributed by atoms with Gasteiger partial charge in [-0.05, 0) is 43.4 Å². The molecule has 1 rings (SSSR count). The van der Waals surface area contributed by atoms with Gasteiger partial charge in [0.15, 0.2) is 0 Å². The average molecular weight is 262 g/mol. The number of rotatable bonds is 9. The van der Waals surface area contributed by atoms with Crippen molar-refractivity contribution in [2.45, 2.75) is 71.8 Å². The minimum Gasteiger partial charge on any atom is -0.271 e. The molecule has 0 aliphatic heterocycles. The highest BCUT2D eigenvalue weighted by molar-refractivity contribution is 5.30. The van der Waals surface area contributed by atoms with Crippen LogP contribution < -0.4 is 11.3 Å². The topological polar surface area (TPSA) is 38.0 Å². The van der Waals surface area contributed by atoms with Gasteiger partial charge in [-0.1, -0.05) is 57.2 Å². The average Bonchev–Trinajstić information content (AvgIpc) is 2.41. The molecule has 1 aromatic carbocycles. The number of nitrogens with two attached hydrogens (primary N) is 1. The van der Waals surface area contributed by atoms with Crippen molar-refractivity contribution in [2.24, 2.45) is 5.84 Å². The highest BCUT2D eigenvalue weighted by Crippen LogP contribution is 2.14. The van der Waals surface area contributed by atoms with Crippen molar-refractivity contribution < 1.29 is 0 Å². The lowest BCUT2D eigenvalue weighted by atomic mass is 9.98. The highest BCUT2D eigenvalue weighted by Gasteiger charge is 2.08. The Morgan fingerprint density at radius 2 is 1.79 bits per heavy atom. The van der Waals surface area contributed by atoms with Gasteiger partial charge in [-0.25, -0.2) is 0 Å². The zero-order valence-corrected chi connectivity index (χ0v) is 12.8. The van der Waals surface area contributed by atoms with Crippen molar-refractivity contribution >= 4 is 0 Å². The van der Waals surface area contributed by atoms with Gasteiger partial charge in [-0.15, -0.1) is 0 Å². The lowest BCUT2D eigenvalue weighted by Crippen LogP contribution is -2.36. The number of nitrogens with one attached hydrogen (secondary N) is 1. The Hall–Kier alpha value is -0.860. The summed E-state index contributed by atoms with van der Waals surface area (Å²) in [6, 6.07) is 7.13. The number of hydrazine groups is 1. The second-order valence-corrected chi connectivity index (χ2v) is 5.69. The van der Waals surface area contributed by atoms with Crippen molar-refractivity contribution in [3.63, 3.8) is 0 Å². The maximum atomic E-state index is 5.68. The van der Waals surface area contributed by atoms with Crippen LogP contribution >= 0.6 is 0 Å². The Balaban J connectivity index is 2.36. The van der Waals surface area contributed by atoms with E-state index in [1.165, 1.54) is 55.2 Å². The lowest BCUT2D eigenvalue weighted by molar-refractivity contribution is 0.461. The Morgan fingerprint density at radius 3 is 2.42 bits per heavy atom. The van der Waals surface area contributed by atoms with Crippen LogP contribution in [0.5, 0.6) is 0 Å². The minimum atomic E-state index is 0.406. The molecule has 0 amide bonds. The molecule has 0 aliphatic carbocycles. The zero-order valence-electron chi connectivity index (χ0n) is 12.8. The van der Waals surface area contributed by atoms with Crippen molar-refractivity contribution in [3.8, 4) is 0 Å². The predicted molar refractivity (Wildman–Crippen MR) is 84.1 cm³/mol. The summed E-state index contributed by atoms with van der Waals surface area (Å²) in [5.74, 6) is 5.68. The maximum absolute atomic E-state index is 5.68. The maximum Gasteiger partial charge on any atom is 0.0250 e. The predicted octanol–water partition coefficient (Wildman–Crippen LogP) is 4.04. The van der Waals surface area contributed by atoms with Crippen molar-refractivity contribution in [3.05, 3.63) is 34.9 Å². The third-order valence-corrected chi connectivity index (χ3v) is 3.95. The summed E-state index contributed by atoms with van der Waals surface area (Å²) < 4.78 is 0. The molecule has 0 heterocycles. The van der Waals surface area contributed by atoms with E-state index in [1.807, 2.05) is 0 Å². The Bertz CT molecular complexity index is 360. The van der Waals surface area contributed by atoms with E-state index >= 15 is 0 Å². The number of hydrogen-bond donors (Lipinski definition) is 2. The summed E-state index contributed by atoms with van der Waals surface area (Å²) >= 11 is 0. The SMILES string of the molecule is CCCCCCCC(Cc1ccc(C)c(C)c1)NN. The smallest absolute Gasteiger partial charge is 0.0250 e. The fourth-order valence-corrected chi connectivity index (χ4v) is 2.45. The van der Waals surface area contributed by atoms with Gasteiger partial charge in [0, 0.05) is 6.04 Å². The molecule has 0 bridgehead atoms. The van der Waals surface area contributed by atoms with Crippen LogP contribution in [-0.4, -0.2) is 6.04 Å². The first-order valence-electron chi connectivity index (χ1n) is 7.69. The first kappa shape index (κ1) is 16.2. The van der Waals surface area contributed by atoms with Gasteiger partial charge in [-0.2, -0.15) is 0 Å². The van der Waals surface area contributed by atoms with Gasteiger partial charge in [0.1, 0.15) is 0 Å². The standard InChI is InChI=1S/C17H30N2/c1-4-5-6-7-8-9-17(19-18)13-16-11-10-14(2)15(3)12-16/h10-12,17,19H,4-9,13,18H2,1-3H3. The molecule has 1 unspecified atom stereocenters. The summed E-state index contributed by atoms with van der Waals surface area (Å²) in [7, 11) is 0. The van der Waals surface area contributed by atoms with Crippen LogP contribution in [0.3, 0.4) is 0 Å². The van der Waals surface area contributed by atoms with E-state index in [-0.39, 0.29) is 0 Å². The van der Waals surface area contributed by atoms with Crippen LogP contribution in [0, 0.1) is 13.8 Å². The van der Waals surface area contributed by atoms with Crippen molar-refractivity contribution in [2.75, 3.05) is 0 Å².